The van der Waals surface area contributed by atoms with Gasteiger partial charge in [0.05, 0.1) is 18.8 Å². The maximum absolute atomic E-state index is 12.2. The number of aliphatic hydroxyl groups is 3. The fourth-order valence-electron chi connectivity index (χ4n) is 5.10. The Hall–Kier alpha value is -2.22. The molecule has 7 nitrogen and oxygen atoms in total. The van der Waals surface area contributed by atoms with Crippen LogP contribution < -0.4 is 0 Å². The Kier molecular flexibility index (Phi) is 33.4. The van der Waals surface area contributed by atoms with Crippen molar-refractivity contribution >= 4 is 11.9 Å². The molecule has 0 aliphatic heterocycles. The van der Waals surface area contributed by atoms with Gasteiger partial charge in [-0.1, -0.05) is 159 Å². The second kappa shape index (κ2) is 35.1. The molecule has 3 N–H and O–H groups in total. The van der Waals surface area contributed by atoms with Gasteiger partial charge in [-0.3, -0.25) is 9.59 Å². The summed E-state index contributed by atoms with van der Waals surface area (Å²) in [6.07, 6.45) is 36.5. The Balaban J connectivity index is 3.86. The van der Waals surface area contributed by atoms with Gasteiger partial charge >= 0.3 is 11.9 Å². The average molecular weight is 663 g/mol. The van der Waals surface area contributed by atoms with Crippen LogP contribution in [0.3, 0.4) is 0 Å². The Morgan fingerprint density at radius 1 is 0.596 bits per heavy atom. The molecule has 0 aliphatic rings. The highest BCUT2D eigenvalue weighted by atomic mass is 16.6. The summed E-state index contributed by atoms with van der Waals surface area (Å²) in [6.45, 7) is 3.86. The van der Waals surface area contributed by atoms with E-state index < -0.39 is 30.9 Å². The topological polar surface area (TPSA) is 113 Å². The van der Waals surface area contributed by atoms with E-state index in [9.17, 15) is 24.9 Å². The van der Waals surface area contributed by atoms with Gasteiger partial charge in [0, 0.05) is 12.8 Å². The van der Waals surface area contributed by atoms with Crippen molar-refractivity contribution < 1.29 is 34.4 Å². The zero-order valence-electron chi connectivity index (χ0n) is 30.0. The Bertz CT molecular complexity index is 832. The molecule has 3 atom stereocenters. The first-order valence-electron chi connectivity index (χ1n) is 18.9. The van der Waals surface area contributed by atoms with Crippen LogP contribution in [0.25, 0.3) is 0 Å². The molecule has 0 rings (SSSR count). The first kappa shape index (κ1) is 44.8. The van der Waals surface area contributed by atoms with Gasteiger partial charge in [-0.05, 0) is 38.5 Å². The van der Waals surface area contributed by atoms with Crippen LogP contribution in [0.4, 0.5) is 0 Å². The van der Waals surface area contributed by atoms with Crippen molar-refractivity contribution in [1.82, 2.24) is 0 Å². The number of esters is 2. The number of ether oxygens (including phenoxy) is 2. The van der Waals surface area contributed by atoms with Crippen LogP contribution in [0.1, 0.15) is 162 Å². The lowest BCUT2D eigenvalue weighted by Gasteiger charge is -2.16. The Morgan fingerprint density at radius 2 is 1.11 bits per heavy atom. The normalized spacial score (nSPS) is 14.1. The largest absolute Gasteiger partial charge is 0.462 e. The zero-order valence-corrected chi connectivity index (χ0v) is 30.0. The predicted octanol–water partition coefficient (Wildman–Crippen LogP) is 9.39. The molecular formula is C40H70O7. The minimum Gasteiger partial charge on any atom is -0.462 e. The van der Waals surface area contributed by atoms with Gasteiger partial charge in [0.2, 0.25) is 0 Å². The maximum Gasteiger partial charge on any atom is 0.306 e. The minimum atomic E-state index is -0.883. The SMILES string of the molecule is CCCCC/C=C\C[C@H](O)/C=C/C=C/C=C\[C@H](O)CCCC(=O)O[C@@H](CO)COC(=O)CCCCCCCCCCCCCCCC. The molecule has 0 aromatic rings. The minimum absolute atomic E-state index is 0.0951. The van der Waals surface area contributed by atoms with Crippen molar-refractivity contribution in [2.45, 2.75) is 180 Å². The molecule has 0 saturated carbocycles. The van der Waals surface area contributed by atoms with E-state index in [1.54, 1.807) is 36.5 Å². The summed E-state index contributed by atoms with van der Waals surface area (Å²) in [5.74, 6) is -0.831. The molecule has 7 heteroatoms. The molecule has 0 heterocycles. The molecule has 0 amide bonds. The summed E-state index contributed by atoms with van der Waals surface area (Å²) in [4.78, 5) is 24.2. The Morgan fingerprint density at radius 3 is 1.68 bits per heavy atom. The Labute approximate surface area is 287 Å². The van der Waals surface area contributed by atoms with E-state index >= 15 is 0 Å². The maximum atomic E-state index is 12.2. The lowest BCUT2D eigenvalue weighted by molar-refractivity contribution is -0.161. The number of rotatable bonds is 33. The molecule has 0 aromatic carbocycles. The molecule has 0 spiro atoms. The first-order chi connectivity index (χ1) is 22.9. The summed E-state index contributed by atoms with van der Waals surface area (Å²) < 4.78 is 10.5. The van der Waals surface area contributed by atoms with Gasteiger partial charge in [-0.25, -0.2) is 0 Å². The number of unbranched alkanes of at least 4 members (excludes halogenated alkanes) is 16. The van der Waals surface area contributed by atoms with Crippen molar-refractivity contribution in [1.29, 1.82) is 0 Å². The van der Waals surface area contributed by atoms with Gasteiger partial charge in [-0.2, -0.15) is 0 Å². The molecule has 0 aliphatic carbocycles. The van der Waals surface area contributed by atoms with Crippen LogP contribution in [-0.4, -0.2) is 58.8 Å². The molecule has 0 bridgehead atoms. The second-order valence-corrected chi connectivity index (χ2v) is 12.7. The lowest BCUT2D eigenvalue weighted by Crippen LogP contribution is -2.28. The first-order valence-corrected chi connectivity index (χ1v) is 18.9. The third kappa shape index (κ3) is 33.5. The highest BCUT2D eigenvalue weighted by Gasteiger charge is 2.16. The van der Waals surface area contributed by atoms with Crippen molar-refractivity contribution in [2.24, 2.45) is 0 Å². The highest BCUT2D eigenvalue weighted by Crippen LogP contribution is 2.14. The molecule has 0 unspecified atom stereocenters. The fraction of sp³-hybridized carbons (Fsp3) is 0.750. The highest BCUT2D eigenvalue weighted by molar-refractivity contribution is 5.70. The number of aliphatic hydroxyl groups excluding tert-OH is 3. The van der Waals surface area contributed by atoms with Gasteiger partial charge in [0.1, 0.15) is 6.61 Å². The van der Waals surface area contributed by atoms with E-state index in [2.05, 4.69) is 19.9 Å². The quantitative estimate of drug-likeness (QED) is 0.0278. The van der Waals surface area contributed by atoms with E-state index in [-0.39, 0.29) is 19.0 Å². The van der Waals surface area contributed by atoms with Crippen molar-refractivity contribution in [3.05, 3.63) is 48.6 Å². The van der Waals surface area contributed by atoms with Gasteiger partial charge in [0.25, 0.3) is 0 Å². The van der Waals surface area contributed by atoms with E-state index in [4.69, 9.17) is 9.47 Å². The molecular weight excluding hydrogens is 592 g/mol. The summed E-state index contributed by atoms with van der Waals surface area (Å²) in [5.41, 5.74) is 0. The zero-order chi connectivity index (χ0) is 34.6. The summed E-state index contributed by atoms with van der Waals surface area (Å²) in [7, 11) is 0. The summed E-state index contributed by atoms with van der Waals surface area (Å²) in [5, 5.41) is 29.6. The van der Waals surface area contributed by atoms with E-state index in [0.717, 1.165) is 25.7 Å². The standard InChI is InChI=1S/C40H70O7/c1-3-5-7-9-11-12-13-14-15-16-17-18-20-26-32-39(44)46-35-38(34-41)47-40(45)33-27-31-37(43)30-25-22-21-24-29-36(42)28-23-19-10-8-6-4-2/h19,21-25,29-30,36-38,41-43H,3-18,20,26-28,31-35H2,1-2H3/b22-21+,23-19-,29-24+,30-25-/t36-,37-,38-/m0/s1. The van der Waals surface area contributed by atoms with Crippen molar-refractivity contribution in [2.75, 3.05) is 13.2 Å². The van der Waals surface area contributed by atoms with Crippen molar-refractivity contribution in [3.8, 4) is 0 Å². The number of allylic oxidation sites excluding steroid dienone is 5. The lowest BCUT2D eigenvalue weighted by atomic mass is 10.0. The van der Waals surface area contributed by atoms with Crippen LogP contribution in [-0.2, 0) is 19.1 Å². The number of hydrogen-bond donors (Lipinski definition) is 3. The van der Waals surface area contributed by atoms with Crippen LogP contribution in [0.15, 0.2) is 48.6 Å². The van der Waals surface area contributed by atoms with Gasteiger partial charge in [0.15, 0.2) is 6.10 Å². The molecule has 0 radical (unpaired) electrons. The third-order valence-corrected chi connectivity index (χ3v) is 8.07. The van der Waals surface area contributed by atoms with Crippen molar-refractivity contribution in [3.63, 3.8) is 0 Å². The molecule has 0 saturated heterocycles. The molecule has 47 heavy (non-hydrogen) atoms. The molecule has 272 valence electrons. The average Bonchev–Trinajstić information content (AvgIpc) is 3.06. The van der Waals surface area contributed by atoms with E-state index in [1.165, 1.54) is 89.9 Å². The summed E-state index contributed by atoms with van der Waals surface area (Å²) in [6, 6.07) is 0. The monoisotopic (exact) mass is 663 g/mol. The second-order valence-electron chi connectivity index (χ2n) is 12.7. The predicted molar refractivity (Wildman–Crippen MR) is 194 cm³/mol. The van der Waals surface area contributed by atoms with Crippen LogP contribution in [0.5, 0.6) is 0 Å². The third-order valence-electron chi connectivity index (χ3n) is 8.07. The smallest absolute Gasteiger partial charge is 0.306 e. The van der Waals surface area contributed by atoms with Gasteiger partial charge < -0.3 is 24.8 Å². The summed E-state index contributed by atoms with van der Waals surface area (Å²) >= 11 is 0. The molecule has 0 aromatic heterocycles. The van der Waals surface area contributed by atoms with Crippen LogP contribution >= 0.6 is 0 Å². The van der Waals surface area contributed by atoms with Crippen LogP contribution in [0, 0.1) is 0 Å². The van der Waals surface area contributed by atoms with E-state index in [1.807, 2.05) is 6.08 Å². The fourth-order valence-corrected chi connectivity index (χ4v) is 5.10. The molecule has 0 fully saturated rings. The number of carbonyl (C=O) groups is 2. The van der Waals surface area contributed by atoms with Crippen LogP contribution in [0.2, 0.25) is 0 Å². The number of hydrogen-bond acceptors (Lipinski definition) is 7. The van der Waals surface area contributed by atoms with Gasteiger partial charge in [-0.15, -0.1) is 0 Å². The number of carbonyl (C=O) groups excluding carboxylic acids is 2. The van der Waals surface area contributed by atoms with E-state index in [0.29, 0.717) is 25.7 Å².